The predicted molar refractivity (Wildman–Crippen MR) is 118 cm³/mol. The highest BCUT2D eigenvalue weighted by molar-refractivity contribution is 9.10. The molecule has 0 bridgehead atoms. The average Bonchev–Trinajstić information content (AvgIpc) is 2.74. The summed E-state index contributed by atoms with van der Waals surface area (Å²) in [4.78, 5) is 12.9. The molecule has 3 aromatic carbocycles. The highest BCUT2D eigenvalue weighted by atomic mass is 79.9. The van der Waals surface area contributed by atoms with Crippen LogP contribution in [-0.4, -0.2) is 20.9 Å². The number of sulfonamides is 1. The lowest BCUT2D eigenvalue weighted by Gasteiger charge is -2.25. The van der Waals surface area contributed by atoms with E-state index >= 15 is 0 Å². The van der Waals surface area contributed by atoms with Crippen molar-refractivity contribution in [3.8, 4) is 0 Å². The Morgan fingerprint density at radius 2 is 1.48 bits per heavy atom. The summed E-state index contributed by atoms with van der Waals surface area (Å²) in [6.45, 7) is 1.54. The van der Waals surface area contributed by atoms with Gasteiger partial charge in [0, 0.05) is 4.47 Å². The van der Waals surface area contributed by atoms with Crippen LogP contribution in [0.3, 0.4) is 0 Å². The zero-order chi connectivity index (χ0) is 20.9. The number of nitrogens with zero attached hydrogens (tertiary/aromatic N) is 1. The SMILES string of the molecule is C[C@@H](NC(=O)CN(c1ccc(Br)cc1)S(=O)(=O)c1ccccc1)c1ccccc1. The highest BCUT2D eigenvalue weighted by Gasteiger charge is 2.27. The standard InChI is InChI=1S/C22H21BrN2O3S/c1-17(18-8-4-2-5-9-18)24-22(26)16-25(20-14-12-19(23)13-15-20)29(27,28)21-10-6-3-7-11-21/h2-15,17H,16H2,1H3,(H,24,26)/t17-/m1/s1. The van der Waals surface area contributed by atoms with E-state index in [-0.39, 0.29) is 23.4 Å². The molecular weight excluding hydrogens is 452 g/mol. The minimum atomic E-state index is -3.91. The monoisotopic (exact) mass is 472 g/mol. The van der Waals surface area contributed by atoms with Gasteiger partial charge in [-0.15, -0.1) is 0 Å². The molecule has 0 aliphatic rings. The van der Waals surface area contributed by atoms with E-state index in [9.17, 15) is 13.2 Å². The van der Waals surface area contributed by atoms with Gasteiger partial charge >= 0.3 is 0 Å². The lowest BCUT2D eigenvalue weighted by molar-refractivity contribution is -0.120. The van der Waals surface area contributed by atoms with E-state index in [1.165, 1.54) is 12.1 Å². The van der Waals surface area contributed by atoms with Gasteiger partial charge in [-0.05, 0) is 48.9 Å². The number of carbonyl (C=O) groups is 1. The van der Waals surface area contributed by atoms with E-state index in [2.05, 4.69) is 21.2 Å². The first-order valence-electron chi connectivity index (χ1n) is 9.05. The van der Waals surface area contributed by atoms with Crippen molar-refractivity contribution in [1.82, 2.24) is 5.32 Å². The Balaban J connectivity index is 1.87. The van der Waals surface area contributed by atoms with Gasteiger partial charge in [0.05, 0.1) is 16.6 Å². The molecular formula is C22H21BrN2O3S. The largest absolute Gasteiger partial charge is 0.348 e. The number of halogens is 1. The first-order chi connectivity index (χ1) is 13.9. The fraction of sp³-hybridized carbons (Fsp3) is 0.136. The van der Waals surface area contributed by atoms with Crippen LogP contribution in [0, 0.1) is 0 Å². The van der Waals surface area contributed by atoms with Gasteiger partial charge in [-0.2, -0.15) is 0 Å². The molecule has 0 fully saturated rings. The van der Waals surface area contributed by atoms with Crippen LogP contribution in [0.15, 0.2) is 94.3 Å². The van der Waals surface area contributed by atoms with E-state index in [0.717, 1.165) is 14.3 Å². The summed E-state index contributed by atoms with van der Waals surface area (Å²) in [6, 6.07) is 24.2. The van der Waals surface area contributed by atoms with Crippen LogP contribution in [-0.2, 0) is 14.8 Å². The van der Waals surface area contributed by atoms with Gasteiger partial charge in [0.1, 0.15) is 6.54 Å². The zero-order valence-corrected chi connectivity index (χ0v) is 18.2. The number of hydrogen-bond donors (Lipinski definition) is 1. The van der Waals surface area contributed by atoms with Gasteiger partial charge in [-0.25, -0.2) is 8.42 Å². The maximum Gasteiger partial charge on any atom is 0.264 e. The number of anilines is 1. The van der Waals surface area contributed by atoms with Crippen LogP contribution in [0.1, 0.15) is 18.5 Å². The van der Waals surface area contributed by atoms with Crippen LogP contribution >= 0.6 is 15.9 Å². The van der Waals surface area contributed by atoms with Crippen LogP contribution < -0.4 is 9.62 Å². The summed E-state index contributed by atoms with van der Waals surface area (Å²) in [5.41, 5.74) is 1.36. The summed E-state index contributed by atoms with van der Waals surface area (Å²) in [7, 11) is -3.91. The third kappa shape index (κ3) is 5.25. The van der Waals surface area contributed by atoms with Gasteiger partial charge in [0.2, 0.25) is 5.91 Å². The maximum absolute atomic E-state index is 13.2. The third-order valence-corrected chi connectivity index (χ3v) is 6.73. The molecule has 1 amide bonds. The van der Waals surface area contributed by atoms with E-state index in [1.807, 2.05) is 37.3 Å². The summed E-state index contributed by atoms with van der Waals surface area (Å²) < 4.78 is 28.4. The van der Waals surface area contributed by atoms with E-state index in [4.69, 9.17) is 0 Å². The van der Waals surface area contributed by atoms with Crippen molar-refractivity contribution in [2.45, 2.75) is 17.9 Å². The number of rotatable bonds is 7. The molecule has 3 rings (SSSR count). The molecule has 0 aliphatic carbocycles. The molecule has 0 saturated carbocycles. The molecule has 5 nitrogen and oxygen atoms in total. The third-order valence-electron chi connectivity index (χ3n) is 4.41. The number of benzene rings is 3. The number of amides is 1. The molecule has 0 aliphatic heterocycles. The topological polar surface area (TPSA) is 66.5 Å². The fourth-order valence-electron chi connectivity index (χ4n) is 2.88. The molecule has 1 N–H and O–H groups in total. The van der Waals surface area contributed by atoms with Crippen molar-refractivity contribution in [3.05, 3.63) is 95.0 Å². The number of nitrogens with one attached hydrogen (secondary N) is 1. The minimum Gasteiger partial charge on any atom is -0.348 e. The predicted octanol–water partition coefficient (Wildman–Crippen LogP) is 4.52. The van der Waals surface area contributed by atoms with E-state index < -0.39 is 10.0 Å². The van der Waals surface area contributed by atoms with Crippen molar-refractivity contribution in [1.29, 1.82) is 0 Å². The molecule has 0 saturated heterocycles. The summed E-state index contributed by atoms with van der Waals surface area (Å²) >= 11 is 3.35. The van der Waals surface area contributed by atoms with Gasteiger partial charge in [0.25, 0.3) is 10.0 Å². The Hall–Kier alpha value is -2.64. The minimum absolute atomic E-state index is 0.131. The molecule has 0 unspecified atom stereocenters. The zero-order valence-electron chi connectivity index (χ0n) is 15.8. The molecule has 0 spiro atoms. The van der Waals surface area contributed by atoms with Crippen LogP contribution in [0.5, 0.6) is 0 Å². The van der Waals surface area contributed by atoms with Gasteiger partial charge in [-0.3, -0.25) is 9.10 Å². The van der Waals surface area contributed by atoms with Crippen LogP contribution in [0.25, 0.3) is 0 Å². The lowest BCUT2D eigenvalue weighted by Crippen LogP contribution is -2.41. The van der Waals surface area contributed by atoms with Crippen molar-refractivity contribution in [3.63, 3.8) is 0 Å². The summed E-state index contributed by atoms with van der Waals surface area (Å²) in [5, 5.41) is 2.88. The molecule has 1 atom stereocenters. The Bertz CT molecular complexity index is 1060. The second-order valence-electron chi connectivity index (χ2n) is 6.50. The first kappa shape index (κ1) is 21.1. The Morgan fingerprint density at radius 1 is 0.931 bits per heavy atom. The van der Waals surface area contributed by atoms with E-state index in [0.29, 0.717) is 5.69 Å². The smallest absolute Gasteiger partial charge is 0.264 e. The Morgan fingerprint density at radius 3 is 2.07 bits per heavy atom. The van der Waals surface area contributed by atoms with Gasteiger partial charge in [0.15, 0.2) is 0 Å². The van der Waals surface area contributed by atoms with Gasteiger partial charge in [-0.1, -0.05) is 64.5 Å². The van der Waals surface area contributed by atoms with Crippen molar-refractivity contribution in [2.75, 3.05) is 10.8 Å². The van der Waals surface area contributed by atoms with E-state index in [1.54, 1.807) is 42.5 Å². The molecule has 0 aromatic heterocycles. The first-order valence-corrected chi connectivity index (χ1v) is 11.3. The average molecular weight is 473 g/mol. The van der Waals surface area contributed by atoms with Crippen molar-refractivity contribution < 1.29 is 13.2 Å². The molecule has 0 radical (unpaired) electrons. The van der Waals surface area contributed by atoms with Crippen LogP contribution in [0.2, 0.25) is 0 Å². The lowest BCUT2D eigenvalue weighted by atomic mass is 10.1. The highest BCUT2D eigenvalue weighted by Crippen LogP contribution is 2.25. The van der Waals surface area contributed by atoms with Crippen molar-refractivity contribution in [2.24, 2.45) is 0 Å². The van der Waals surface area contributed by atoms with Crippen LogP contribution in [0.4, 0.5) is 5.69 Å². The fourth-order valence-corrected chi connectivity index (χ4v) is 4.59. The summed E-state index contributed by atoms with van der Waals surface area (Å²) in [5.74, 6) is -0.385. The Kier molecular flexibility index (Phi) is 6.71. The number of carbonyl (C=O) groups excluding carboxylic acids is 1. The number of hydrogen-bond acceptors (Lipinski definition) is 3. The maximum atomic E-state index is 13.2. The van der Waals surface area contributed by atoms with Crippen molar-refractivity contribution >= 4 is 37.5 Å². The molecule has 29 heavy (non-hydrogen) atoms. The molecule has 150 valence electrons. The summed E-state index contributed by atoms with van der Waals surface area (Å²) in [6.07, 6.45) is 0. The molecule has 0 heterocycles. The quantitative estimate of drug-likeness (QED) is 0.549. The second kappa shape index (κ2) is 9.24. The second-order valence-corrected chi connectivity index (χ2v) is 9.28. The Labute approximate surface area is 179 Å². The molecule has 7 heteroatoms. The van der Waals surface area contributed by atoms with Gasteiger partial charge < -0.3 is 5.32 Å². The normalized spacial score (nSPS) is 12.2. The molecule has 3 aromatic rings.